The molecule has 0 bridgehead atoms. The second-order valence-electron chi connectivity index (χ2n) is 5.87. The summed E-state index contributed by atoms with van der Waals surface area (Å²) in [4.78, 5) is 3.74. The molecule has 5 heteroatoms. The summed E-state index contributed by atoms with van der Waals surface area (Å²) in [5.41, 5.74) is 2.46. The van der Waals surface area contributed by atoms with Gasteiger partial charge in [0.05, 0.1) is 6.21 Å². The number of hydrogen-bond donors (Lipinski definition) is 0. The zero-order chi connectivity index (χ0) is 16.8. The van der Waals surface area contributed by atoms with E-state index in [1.54, 1.807) is 11.8 Å². The van der Waals surface area contributed by atoms with Crippen LogP contribution in [0, 0.1) is 0 Å². The predicted molar refractivity (Wildman–Crippen MR) is 104 cm³/mol. The Morgan fingerprint density at radius 1 is 1.00 bits per heavy atom. The minimum absolute atomic E-state index is 0.795. The zero-order valence-corrected chi connectivity index (χ0v) is 15.4. The van der Waals surface area contributed by atoms with Crippen molar-refractivity contribution in [1.82, 2.24) is 9.91 Å². The first-order chi connectivity index (χ1) is 11.7. The van der Waals surface area contributed by atoms with Gasteiger partial charge in [-0.3, -0.25) is 9.91 Å². The Labute approximate surface area is 153 Å². The van der Waals surface area contributed by atoms with Crippen LogP contribution in [-0.4, -0.2) is 48.6 Å². The molecule has 0 amide bonds. The van der Waals surface area contributed by atoms with E-state index in [9.17, 15) is 0 Å². The van der Waals surface area contributed by atoms with Crippen molar-refractivity contribution in [3.63, 3.8) is 0 Å². The van der Waals surface area contributed by atoms with Crippen molar-refractivity contribution in [2.75, 3.05) is 32.4 Å². The van der Waals surface area contributed by atoms with Gasteiger partial charge in [0, 0.05) is 42.6 Å². The summed E-state index contributed by atoms with van der Waals surface area (Å²) >= 11 is 7.70. The van der Waals surface area contributed by atoms with Crippen molar-refractivity contribution in [2.45, 2.75) is 11.4 Å². The molecule has 1 fully saturated rings. The highest BCUT2D eigenvalue weighted by atomic mass is 35.5. The lowest BCUT2D eigenvalue weighted by molar-refractivity contribution is 0.131. The van der Waals surface area contributed by atoms with Gasteiger partial charge in [0.1, 0.15) is 0 Å². The molecule has 0 unspecified atom stereocenters. The van der Waals surface area contributed by atoms with Gasteiger partial charge in [0.2, 0.25) is 0 Å². The average molecular weight is 360 g/mol. The SMILES string of the molecule is CSc1ccc(/C=N\N2CCN(Cc3ccc(Cl)cc3)CC2)cc1. The molecule has 1 aliphatic rings. The smallest absolute Gasteiger partial charge is 0.0542 e. The van der Waals surface area contributed by atoms with Crippen LogP contribution in [-0.2, 0) is 6.54 Å². The Morgan fingerprint density at radius 2 is 1.67 bits per heavy atom. The second-order valence-corrected chi connectivity index (χ2v) is 7.19. The Balaban J connectivity index is 1.47. The number of hydrazone groups is 1. The van der Waals surface area contributed by atoms with Crippen molar-refractivity contribution in [3.8, 4) is 0 Å². The lowest BCUT2D eigenvalue weighted by Crippen LogP contribution is -2.43. The fourth-order valence-corrected chi connectivity index (χ4v) is 3.23. The Morgan fingerprint density at radius 3 is 2.29 bits per heavy atom. The number of halogens is 1. The van der Waals surface area contributed by atoms with Crippen molar-refractivity contribution in [3.05, 3.63) is 64.7 Å². The monoisotopic (exact) mass is 359 g/mol. The summed E-state index contributed by atoms with van der Waals surface area (Å²) in [6.45, 7) is 4.97. The number of nitrogens with zero attached hydrogens (tertiary/aromatic N) is 3. The third-order valence-electron chi connectivity index (χ3n) is 4.15. The summed E-state index contributed by atoms with van der Waals surface area (Å²) < 4.78 is 0. The van der Waals surface area contributed by atoms with Gasteiger partial charge in [-0.15, -0.1) is 11.8 Å². The summed E-state index contributed by atoms with van der Waals surface area (Å²) in [6, 6.07) is 16.6. The number of piperazine rings is 1. The van der Waals surface area contributed by atoms with Crippen LogP contribution in [0.5, 0.6) is 0 Å². The molecule has 3 nitrogen and oxygen atoms in total. The number of rotatable bonds is 5. The molecular formula is C19H22ClN3S. The summed E-state index contributed by atoms with van der Waals surface area (Å²) in [5, 5.41) is 7.57. The molecule has 1 saturated heterocycles. The lowest BCUT2D eigenvalue weighted by atomic mass is 10.2. The molecule has 0 aliphatic carbocycles. The fraction of sp³-hybridized carbons (Fsp3) is 0.316. The van der Waals surface area contributed by atoms with Crippen LogP contribution in [0.15, 0.2) is 58.5 Å². The highest BCUT2D eigenvalue weighted by molar-refractivity contribution is 7.98. The maximum atomic E-state index is 5.94. The van der Waals surface area contributed by atoms with Gasteiger partial charge < -0.3 is 0 Å². The molecule has 0 atom stereocenters. The van der Waals surface area contributed by atoms with E-state index in [0.717, 1.165) is 43.3 Å². The van der Waals surface area contributed by atoms with E-state index < -0.39 is 0 Å². The third-order valence-corrected chi connectivity index (χ3v) is 5.15. The molecule has 0 spiro atoms. The molecule has 0 radical (unpaired) electrons. The Bertz CT molecular complexity index is 662. The molecular weight excluding hydrogens is 338 g/mol. The van der Waals surface area contributed by atoms with Crippen LogP contribution in [0.4, 0.5) is 0 Å². The highest BCUT2D eigenvalue weighted by Gasteiger charge is 2.15. The summed E-state index contributed by atoms with van der Waals surface area (Å²) in [7, 11) is 0. The molecule has 1 heterocycles. The van der Waals surface area contributed by atoms with Crippen LogP contribution in [0.25, 0.3) is 0 Å². The average Bonchev–Trinajstić information content (AvgIpc) is 2.63. The standard InChI is InChI=1S/C19H22ClN3S/c1-24-19-8-4-16(5-9-19)14-21-23-12-10-22(11-13-23)15-17-2-6-18(20)7-3-17/h2-9,14H,10-13,15H2,1H3/b21-14-. The Hall–Kier alpha value is -1.49. The minimum atomic E-state index is 0.795. The van der Waals surface area contributed by atoms with Crippen molar-refractivity contribution in [2.24, 2.45) is 5.10 Å². The van der Waals surface area contributed by atoms with E-state index >= 15 is 0 Å². The lowest BCUT2D eigenvalue weighted by Gasteiger charge is -2.33. The molecule has 2 aromatic rings. The molecule has 0 saturated carbocycles. The molecule has 0 N–H and O–H groups in total. The van der Waals surface area contributed by atoms with Crippen molar-refractivity contribution >= 4 is 29.6 Å². The minimum Gasteiger partial charge on any atom is -0.295 e. The molecule has 1 aliphatic heterocycles. The second kappa shape index (κ2) is 8.56. The van der Waals surface area contributed by atoms with Gasteiger partial charge in [-0.2, -0.15) is 5.10 Å². The van der Waals surface area contributed by atoms with Gasteiger partial charge in [0.25, 0.3) is 0 Å². The summed E-state index contributed by atoms with van der Waals surface area (Å²) in [6.07, 6.45) is 4.05. The molecule has 3 rings (SSSR count). The fourth-order valence-electron chi connectivity index (χ4n) is 2.70. The maximum Gasteiger partial charge on any atom is 0.0542 e. The van der Waals surface area contributed by atoms with Gasteiger partial charge >= 0.3 is 0 Å². The molecule has 24 heavy (non-hydrogen) atoms. The zero-order valence-electron chi connectivity index (χ0n) is 13.9. The van der Waals surface area contributed by atoms with Gasteiger partial charge in [-0.05, 0) is 41.6 Å². The van der Waals surface area contributed by atoms with E-state index in [0.29, 0.717) is 0 Å². The number of thioether (sulfide) groups is 1. The van der Waals surface area contributed by atoms with Crippen LogP contribution in [0.1, 0.15) is 11.1 Å². The summed E-state index contributed by atoms with van der Waals surface area (Å²) in [5.74, 6) is 0. The Kier molecular flexibility index (Phi) is 6.18. The highest BCUT2D eigenvalue weighted by Crippen LogP contribution is 2.15. The first-order valence-electron chi connectivity index (χ1n) is 8.13. The van der Waals surface area contributed by atoms with E-state index in [-0.39, 0.29) is 0 Å². The quantitative estimate of drug-likeness (QED) is 0.588. The predicted octanol–water partition coefficient (Wildman–Crippen LogP) is 4.21. The van der Waals surface area contributed by atoms with Gasteiger partial charge in [0.15, 0.2) is 0 Å². The largest absolute Gasteiger partial charge is 0.295 e. The number of benzene rings is 2. The van der Waals surface area contributed by atoms with Gasteiger partial charge in [-0.25, -0.2) is 0 Å². The maximum absolute atomic E-state index is 5.94. The molecule has 126 valence electrons. The van der Waals surface area contributed by atoms with Gasteiger partial charge in [-0.1, -0.05) is 35.9 Å². The van der Waals surface area contributed by atoms with Crippen molar-refractivity contribution in [1.29, 1.82) is 0 Å². The van der Waals surface area contributed by atoms with E-state index in [4.69, 9.17) is 11.6 Å². The van der Waals surface area contributed by atoms with Crippen LogP contribution >= 0.6 is 23.4 Å². The number of hydrogen-bond acceptors (Lipinski definition) is 4. The van der Waals surface area contributed by atoms with E-state index in [1.807, 2.05) is 18.3 Å². The van der Waals surface area contributed by atoms with Crippen LogP contribution < -0.4 is 0 Å². The van der Waals surface area contributed by atoms with Crippen LogP contribution in [0.2, 0.25) is 5.02 Å². The molecule has 2 aromatic carbocycles. The third kappa shape index (κ3) is 5.00. The normalized spacial score (nSPS) is 16.0. The first kappa shape index (κ1) is 17.3. The van der Waals surface area contributed by atoms with E-state index in [2.05, 4.69) is 57.7 Å². The molecule has 0 aromatic heterocycles. The van der Waals surface area contributed by atoms with Crippen LogP contribution in [0.3, 0.4) is 0 Å². The topological polar surface area (TPSA) is 18.8 Å². The first-order valence-corrected chi connectivity index (χ1v) is 9.73. The van der Waals surface area contributed by atoms with Crippen molar-refractivity contribution < 1.29 is 0 Å². The van der Waals surface area contributed by atoms with E-state index in [1.165, 1.54) is 10.5 Å².